The van der Waals surface area contributed by atoms with Crippen LogP contribution in [0.5, 0.6) is 0 Å². The average Bonchev–Trinajstić information content (AvgIpc) is 2.74. The van der Waals surface area contributed by atoms with E-state index < -0.39 is 0 Å². The molecule has 0 fully saturated rings. The number of aromatic nitrogens is 2. The van der Waals surface area contributed by atoms with Crippen molar-refractivity contribution in [2.45, 2.75) is 13.5 Å². The van der Waals surface area contributed by atoms with Gasteiger partial charge < -0.3 is 10.6 Å². The second-order valence-electron chi connectivity index (χ2n) is 3.95. The van der Waals surface area contributed by atoms with Gasteiger partial charge in [0, 0.05) is 18.6 Å². The minimum Gasteiger partial charge on any atom is -0.388 e. The molecule has 6 heteroatoms. The Bertz CT molecular complexity index is 565. The molecule has 0 aliphatic carbocycles. The highest BCUT2D eigenvalue weighted by atomic mass is 32.1. The maximum absolute atomic E-state index is 5.68. The van der Waals surface area contributed by atoms with Crippen molar-refractivity contribution >= 4 is 34.2 Å². The van der Waals surface area contributed by atoms with E-state index in [1.807, 2.05) is 26.1 Å². The maximum atomic E-state index is 5.68. The molecular formula is C12H14N4S2. The largest absolute Gasteiger partial charge is 0.388 e. The fourth-order valence-corrected chi connectivity index (χ4v) is 2.46. The summed E-state index contributed by atoms with van der Waals surface area (Å²) in [6.45, 7) is 2.71. The van der Waals surface area contributed by atoms with Gasteiger partial charge in [0.25, 0.3) is 0 Å². The summed E-state index contributed by atoms with van der Waals surface area (Å²) in [4.78, 5) is 11.0. The molecule has 2 N–H and O–H groups in total. The van der Waals surface area contributed by atoms with Crippen LogP contribution in [0.2, 0.25) is 0 Å². The normalized spacial score (nSPS) is 10.3. The van der Waals surface area contributed by atoms with Gasteiger partial charge in [-0.15, -0.1) is 11.3 Å². The third-order valence-electron chi connectivity index (χ3n) is 2.50. The molecule has 0 aliphatic rings. The SMILES string of the molecule is Cc1nc(CN(C)c2cccnc2C(N)=S)cs1. The lowest BCUT2D eigenvalue weighted by molar-refractivity contribution is 0.885. The van der Waals surface area contributed by atoms with Gasteiger partial charge in [0.05, 0.1) is 22.9 Å². The van der Waals surface area contributed by atoms with Crippen LogP contribution in [0, 0.1) is 6.92 Å². The highest BCUT2D eigenvalue weighted by Crippen LogP contribution is 2.19. The van der Waals surface area contributed by atoms with Crippen molar-refractivity contribution in [3.05, 3.63) is 40.1 Å². The third kappa shape index (κ3) is 2.83. The van der Waals surface area contributed by atoms with Crippen LogP contribution in [0.15, 0.2) is 23.7 Å². The molecule has 2 aromatic rings. The van der Waals surface area contributed by atoms with Crippen LogP contribution in [0.25, 0.3) is 0 Å². The lowest BCUT2D eigenvalue weighted by Crippen LogP contribution is -2.22. The first-order valence-corrected chi connectivity index (χ1v) is 6.73. The van der Waals surface area contributed by atoms with E-state index in [1.165, 1.54) is 0 Å². The van der Waals surface area contributed by atoms with E-state index in [2.05, 4.69) is 20.2 Å². The van der Waals surface area contributed by atoms with Crippen molar-refractivity contribution in [2.75, 3.05) is 11.9 Å². The van der Waals surface area contributed by atoms with Crippen molar-refractivity contribution in [3.63, 3.8) is 0 Å². The van der Waals surface area contributed by atoms with Crippen molar-refractivity contribution in [3.8, 4) is 0 Å². The van der Waals surface area contributed by atoms with E-state index in [0.717, 1.165) is 16.4 Å². The summed E-state index contributed by atoms with van der Waals surface area (Å²) in [7, 11) is 1.98. The zero-order chi connectivity index (χ0) is 13.1. The first-order chi connectivity index (χ1) is 8.58. The molecule has 2 rings (SSSR count). The van der Waals surface area contributed by atoms with E-state index in [-0.39, 0.29) is 0 Å². The molecular weight excluding hydrogens is 264 g/mol. The van der Waals surface area contributed by atoms with E-state index in [0.29, 0.717) is 17.2 Å². The lowest BCUT2D eigenvalue weighted by Gasteiger charge is -2.20. The Kier molecular flexibility index (Phi) is 3.88. The van der Waals surface area contributed by atoms with Crippen LogP contribution >= 0.6 is 23.6 Å². The first-order valence-electron chi connectivity index (χ1n) is 5.45. The molecule has 0 saturated carbocycles. The summed E-state index contributed by atoms with van der Waals surface area (Å²) in [6, 6.07) is 3.83. The fourth-order valence-electron chi connectivity index (χ4n) is 1.70. The Morgan fingerprint density at radius 2 is 2.33 bits per heavy atom. The third-order valence-corrected chi connectivity index (χ3v) is 3.51. The zero-order valence-electron chi connectivity index (χ0n) is 10.3. The molecule has 94 valence electrons. The summed E-state index contributed by atoms with van der Waals surface area (Å²) < 4.78 is 0. The smallest absolute Gasteiger partial charge is 0.124 e. The summed E-state index contributed by atoms with van der Waals surface area (Å²) >= 11 is 6.66. The van der Waals surface area contributed by atoms with Gasteiger partial charge >= 0.3 is 0 Å². The second kappa shape index (κ2) is 5.41. The molecule has 0 spiro atoms. The summed E-state index contributed by atoms with van der Waals surface area (Å²) in [5.74, 6) is 0. The van der Waals surface area contributed by atoms with Gasteiger partial charge in [-0.2, -0.15) is 0 Å². The fraction of sp³-hybridized carbons (Fsp3) is 0.250. The van der Waals surface area contributed by atoms with Gasteiger partial charge in [0.15, 0.2) is 0 Å². The van der Waals surface area contributed by atoms with Gasteiger partial charge in [0.2, 0.25) is 0 Å². The first kappa shape index (κ1) is 12.9. The number of aryl methyl sites for hydroxylation is 1. The van der Waals surface area contributed by atoms with Gasteiger partial charge in [-0.05, 0) is 19.1 Å². The number of nitrogens with two attached hydrogens (primary N) is 1. The molecule has 0 saturated heterocycles. The van der Waals surface area contributed by atoms with E-state index >= 15 is 0 Å². The Labute approximate surface area is 115 Å². The molecule has 0 bridgehead atoms. The van der Waals surface area contributed by atoms with Gasteiger partial charge in [0.1, 0.15) is 10.7 Å². The zero-order valence-corrected chi connectivity index (χ0v) is 11.9. The molecule has 4 nitrogen and oxygen atoms in total. The standard InChI is InChI=1S/C12H14N4S2/c1-8-15-9(7-18-8)6-16(2)10-4-3-5-14-11(10)12(13)17/h3-5,7H,6H2,1-2H3,(H2,13,17). The molecule has 18 heavy (non-hydrogen) atoms. The summed E-state index contributed by atoms with van der Waals surface area (Å²) in [5.41, 5.74) is 8.30. The van der Waals surface area contributed by atoms with Crippen LogP contribution in [-0.4, -0.2) is 22.0 Å². The quantitative estimate of drug-likeness (QED) is 0.868. The summed E-state index contributed by atoms with van der Waals surface area (Å²) in [5, 5.41) is 3.13. The number of rotatable bonds is 4. The lowest BCUT2D eigenvalue weighted by atomic mass is 10.2. The molecule has 0 amide bonds. The van der Waals surface area contributed by atoms with Gasteiger partial charge in [-0.1, -0.05) is 12.2 Å². The molecule has 0 unspecified atom stereocenters. The summed E-state index contributed by atoms with van der Waals surface area (Å²) in [6.07, 6.45) is 1.69. The molecule has 0 aromatic carbocycles. The van der Waals surface area contributed by atoms with Crippen molar-refractivity contribution in [1.29, 1.82) is 0 Å². The van der Waals surface area contributed by atoms with Crippen LogP contribution in [-0.2, 0) is 6.54 Å². The van der Waals surface area contributed by atoms with Gasteiger partial charge in [-0.25, -0.2) is 4.98 Å². The number of hydrogen-bond donors (Lipinski definition) is 1. The number of pyridine rings is 1. The Hall–Kier alpha value is -1.53. The Morgan fingerprint density at radius 1 is 1.56 bits per heavy atom. The van der Waals surface area contributed by atoms with Crippen LogP contribution in [0.1, 0.15) is 16.4 Å². The number of anilines is 1. The number of hydrogen-bond acceptors (Lipinski definition) is 5. The number of nitrogens with zero attached hydrogens (tertiary/aromatic N) is 3. The van der Waals surface area contributed by atoms with Crippen molar-refractivity contribution < 1.29 is 0 Å². The minimum atomic E-state index is 0.312. The molecule has 0 aliphatic heterocycles. The van der Waals surface area contributed by atoms with E-state index in [4.69, 9.17) is 18.0 Å². The topological polar surface area (TPSA) is 55.0 Å². The van der Waals surface area contributed by atoms with E-state index in [9.17, 15) is 0 Å². The highest BCUT2D eigenvalue weighted by Gasteiger charge is 2.11. The Balaban J connectivity index is 2.23. The Morgan fingerprint density at radius 3 is 2.94 bits per heavy atom. The van der Waals surface area contributed by atoms with Crippen LogP contribution in [0.4, 0.5) is 5.69 Å². The van der Waals surface area contributed by atoms with Gasteiger partial charge in [-0.3, -0.25) is 4.98 Å². The molecule has 0 radical (unpaired) electrons. The molecule has 2 heterocycles. The minimum absolute atomic E-state index is 0.312. The average molecular weight is 278 g/mol. The molecule has 2 aromatic heterocycles. The van der Waals surface area contributed by atoms with Crippen LogP contribution < -0.4 is 10.6 Å². The molecule has 0 atom stereocenters. The predicted octanol–water partition coefficient (Wildman–Crippen LogP) is 2.12. The maximum Gasteiger partial charge on any atom is 0.124 e. The number of thiazole rings is 1. The second-order valence-corrected chi connectivity index (χ2v) is 5.45. The predicted molar refractivity (Wildman–Crippen MR) is 79.1 cm³/mol. The highest BCUT2D eigenvalue weighted by molar-refractivity contribution is 7.80. The monoisotopic (exact) mass is 278 g/mol. The van der Waals surface area contributed by atoms with Crippen molar-refractivity contribution in [1.82, 2.24) is 9.97 Å². The van der Waals surface area contributed by atoms with Crippen molar-refractivity contribution in [2.24, 2.45) is 5.73 Å². The number of thiocarbonyl (C=S) groups is 1. The van der Waals surface area contributed by atoms with Crippen LogP contribution in [0.3, 0.4) is 0 Å². The van der Waals surface area contributed by atoms with E-state index in [1.54, 1.807) is 17.5 Å².